The van der Waals surface area contributed by atoms with Gasteiger partial charge in [0.1, 0.15) is 5.15 Å². The van der Waals surface area contributed by atoms with Crippen LogP contribution in [0.15, 0.2) is 47.4 Å². The van der Waals surface area contributed by atoms with E-state index in [-0.39, 0.29) is 10.8 Å². The van der Waals surface area contributed by atoms with Gasteiger partial charge >= 0.3 is 0 Å². The summed E-state index contributed by atoms with van der Waals surface area (Å²) < 4.78 is 1.32. The van der Waals surface area contributed by atoms with Crippen molar-refractivity contribution in [3.63, 3.8) is 0 Å². The molecule has 0 bridgehead atoms. The van der Waals surface area contributed by atoms with Crippen molar-refractivity contribution in [2.24, 2.45) is 7.05 Å². The van der Waals surface area contributed by atoms with E-state index in [1.54, 1.807) is 25.4 Å². The standard InChI is InChI=1S/C17H13Cl2N3O/c1-10-4-3-5-11(8-10)14-15(12-6-7-20-13(18)9-12)21-17(19)22(2)16(14)23/h3-9H,1-2H3. The first-order valence-electron chi connectivity index (χ1n) is 6.93. The number of pyridine rings is 1. The summed E-state index contributed by atoms with van der Waals surface area (Å²) in [5.41, 5.74) is 3.31. The predicted molar refractivity (Wildman–Crippen MR) is 92.9 cm³/mol. The Labute approximate surface area is 143 Å². The van der Waals surface area contributed by atoms with E-state index in [0.717, 1.165) is 11.1 Å². The van der Waals surface area contributed by atoms with Crippen molar-refractivity contribution in [2.75, 3.05) is 0 Å². The second-order valence-electron chi connectivity index (χ2n) is 5.21. The van der Waals surface area contributed by atoms with Crippen molar-refractivity contribution < 1.29 is 0 Å². The lowest BCUT2D eigenvalue weighted by molar-refractivity contribution is 0.831. The van der Waals surface area contributed by atoms with Gasteiger partial charge in [-0.05, 0) is 36.2 Å². The summed E-state index contributed by atoms with van der Waals surface area (Å²) in [7, 11) is 1.60. The third-order valence-electron chi connectivity index (χ3n) is 3.54. The number of aryl methyl sites for hydroxylation is 1. The molecule has 1 aromatic carbocycles. The molecule has 3 aromatic rings. The van der Waals surface area contributed by atoms with Gasteiger partial charge in [0, 0.05) is 18.8 Å². The fourth-order valence-corrected chi connectivity index (χ4v) is 2.73. The van der Waals surface area contributed by atoms with Gasteiger partial charge in [0.25, 0.3) is 5.56 Å². The van der Waals surface area contributed by atoms with Crippen LogP contribution >= 0.6 is 23.2 Å². The van der Waals surface area contributed by atoms with Crippen LogP contribution in [0.1, 0.15) is 5.56 Å². The van der Waals surface area contributed by atoms with Crippen LogP contribution < -0.4 is 5.56 Å². The molecule has 0 spiro atoms. The normalized spacial score (nSPS) is 10.8. The Hall–Kier alpha value is -2.17. The van der Waals surface area contributed by atoms with Crippen LogP contribution in [0.25, 0.3) is 22.4 Å². The van der Waals surface area contributed by atoms with Crippen molar-refractivity contribution in [3.05, 3.63) is 68.9 Å². The summed E-state index contributed by atoms with van der Waals surface area (Å²) in [6.07, 6.45) is 1.57. The highest BCUT2D eigenvalue weighted by atomic mass is 35.5. The van der Waals surface area contributed by atoms with Gasteiger partial charge in [-0.25, -0.2) is 9.97 Å². The van der Waals surface area contributed by atoms with Crippen LogP contribution in [0.2, 0.25) is 10.4 Å². The van der Waals surface area contributed by atoms with E-state index in [1.165, 1.54) is 4.57 Å². The SMILES string of the molecule is Cc1cccc(-c2c(-c3ccnc(Cl)c3)nc(Cl)n(C)c2=O)c1. The number of benzene rings is 1. The molecular formula is C17H13Cl2N3O. The lowest BCUT2D eigenvalue weighted by Gasteiger charge is -2.12. The Bertz CT molecular complexity index is 951. The first kappa shape index (κ1) is 15.7. The summed E-state index contributed by atoms with van der Waals surface area (Å²) in [5.74, 6) is 0. The fraction of sp³-hybridized carbons (Fsp3) is 0.118. The fourth-order valence-electron chi connectivity index (χ4n) is 2.40. The molecule has 0 fully saturated rings. The van der Waals surface area contributed by atoms with Gasteiger partial charge in [-0.1, -0.05) is 41.4 Å². The van der Waals surface area contributed by atoms with Gasteiger partial charge in [0.15, 0.2) is 0 Å². The first-order valence-corrected chi connectivity index (χ1v) is 7.68. The second-order valence-corrected chi connectivity index (χ2v) is 5.93. The van der Waals surface area contributed by atoms with E-state index in [4.69, 9.17) is 23.2 Å². The molecule has 23 heavy (non-hydrogen) atoms. The summed E-state index contributed by atoms with van der Waals surface area (Å²) in [4.78, 5) is 21.1. The quantitative estimate of drug-likeness (QED) is 0.518. The number of aromatic nitrogens is 3. The molecular weight excluding hydrogens is 333 g/mol. The Balaban J connectivity index is 2.38. The molecule has 0 saturated carbocycles. The van der Waals surface area contributed by atoms with E-state index in [2.05, 4.69) is 9.97 Å². The summed E-state index contributed by atoms with van der Waals surface area (Å²) >= 11 is 12.1. The third-order valence-corrected chi connectivity index (χ3v) is 4.09. The molecule has 4 nitrogen and oxygen atoms in total. The van der Waals surface area contributed by atoms with Crippen LogP contribution in [0.3, 0.4) is 0 Å². The zero-order chi connectivity index (χ0) is 16.6. The smallest absolute Gasteiger partial charge is 0.262 e. The van der Waals surface area contributed by atoms with E-state index < -0.39 is 0 Å². The maximum absolute atomic E-state index is 12.8. The maximum Gasteiger partial charge on any atom is 0.262 e. The molecule has 0 amide bonds. The summed E-state index contributed by atoms with van der Waals surface area (Å²) in [6.45, 7) is 1.97. The van der Waals surface area contributed by atoms with Crippen molar-refractivity contribution in [1.82, 2.24) is 14.5 Å². The third kappa shape index (κ3) is 3.00. The number of halogens is 2. The van der Waals surface area contributed by atoms with Crippen molar-refractivity contribution in [1.29, 1.82) is 0 Å². The monoisotopic (exact) mass is 345 g/mol. The van der Waals surface area contributed by atoms with Crippen LogP contribution in [0.4, 0.5) is 0 Å². The predicted octanol–water partition coefficient (Wildman–Crippen LogP) is 4.12. The van der Waals surface area contributed by atoms with Gasteiger partial charge in [0.2, 0.25) is 5.28 Å². The molecule has 0 aliphatic rings. The molecule has 116 valence electrons. The van der Waals surface area contributed by atoms with Gasteiger partial charge < -0.3 is 0 Å². The molecule has 0 saturated heterocycles. The minimum Gasteiger partial charge on any atom is -0.286 e. The Morgan fingerprint density at radius 2 is 1.87 bits per heavy atom. The average molecular weight is 346 g/mol. The maximum atomic E-state index is 12.8. The molecule has 2 heterocycles. The lowest BCUT2D eigenvalue weighted by Crippen LogP contribution is -2.21. The van der Waals surface area contributed by atoms with E-state index in [9.17, 15) is 4.79 Å². The molecule has 6 heteroatoms. The van der Waals surface area contributed by atoms with Gasteiger partial charge in [0.05, 0.1) is 11.3 Å². The molecule has 0 unspecified atom stereocenters. The summed E-state index contributed by atoms with van der Waals surface area (Å²) in [6, 6.07) is 11.1. The molecule has 0 N–H and O–H groups in total. The highest BCUT2D eigenvalue weighted by molar-refractivity contribution is 6.29. The van der Waals surface area contributed by atoms with Gasteiger partial charge in [-0.3, -0.25) is 9.36 Å². The number of rotatable bonds is 2. The first-order chi connectivity index (χ1) is 11.0. The zero-order valence-corrected chi connectivity index (χ0v) is 14.1. The Morgan fingerprint density at radius 3 is 2.57 bits per heavy atom. The van der Waals surface area contributed by atoms with E-state index >= 15 is 0 Å². The van der Waals surface area contributed by atoms with E-state index in [0.29, 0.717) is 22.0 Å². The Morgan fingerprint density at radius 1 is 1.09 bits per heavy atom. The molecule has 0 atom stereocenters. The second kappa shape index (κ2) is 6.14. The van der Waals surface area contributed by atoms with Crippen LogP contribution in [0, 0.1) is 6.92 Å². The Kier molecular flexibility index (Phi) is 4.20. The topological polar surface area (TPSA) is 47.8 Å². The van der Waals surface area contributed by atoms with Gasteiger partial charge in [-0.2, -0.15) is 0 Å². The van der Waals surface area contributed by atoms with Crippen molar-refractivity contribution >= 4 is 23.2 Å². The van der Waals surface area contributed by atoms with E-state index in [1.807, 2.05) is 31.2 Å². The molecule has 0 radical (unpaired) electrons. The van der Waals surface area contributed by atoms with Crippen molar-refractivity contribution in [2.45, 2.75) is 6.92 Å². The van der Waals surface area contributed by atoms with Gasteiger partial charge in [-0.15, -0.1) is 0 Å². The zero-order valence-electron chi connectivity index (χ0n) is 12.5. The molecule has 0 aliphatic heterocycles. The number of hydrogen-bond acceptors (Lipinski definition) is 3. The van der Waals surface area contributed by atoms with Crippen molar-refractivity contribution in [3.8, 4) is 22.4 Å². The lowest BCUT2D eigenvalue weighted by atomic mass is 10.00. The number of hydrogen-bond donors (Lipinski definition) is 0. The average Bonchev–Trinajstić information content (AvgIpc) is 2.52. The minimum atomic E-state index is -0.210. The van der Waals surface area contributed by atoms with Crippen LogP contribution in [0.5, 0.6) is 0 Å². The molecule has 2 aromatic heterocycles. The highest BCUT2D eigenvalue weighted by Crippen LogP contribution is 2.30. The highest BCUT2D eigenvalue weighted by Gasteiger charge is 2.17. The largest absolute Gasteiger partial charge is 0.286 e. The summed E-state index contributed by atoms with van der Waals surface area (Å²) in [5, 5.41) is 0.450. The molecule has 3 rings (SSSR count). The van der Waals surface area contributed by atoms with Crippen LogP contribution in [-0.4, -0.2) is 14.5 Å². The molecule has 0 aliphatic carbocycles. The van der Waals surface area contributed by atoms with Crippen LogP contribution in [-0.2, 0) is 7.05 Å². The number of nitrogens with zero attached hydrogens (tertiary/aromatic N) is 3. The minimum absolute atomic E-state index is 0.120.